The van der Waals surface area contributed by atoms with Crippen molar-refractivity contribution in [1.82, 2.24) is 9.78 Å². The second-order valence-corrected chi connectivity index (χ2v) is 4.95. The minimum absolute atomic E-state index is 0.0734. The van der Waals surface area contributed by atoms with E-state index < -0.39 is 31.1 Å². The molecule has 1 rings (SSSR count). The van der Waals surface area contributed by atoms with Gasteiger partial charge in [-0.15, -0.1) is 4.68 Å². The molecule has 0 radical (unpaired) electrons. The number of phosphoric acid groups is 1. The molecule has 0 spiro atoms. The summed E-state index contributed by atoms with van der Waals surface area (Å²) in [5.74, 6) is -1.05. The van der Waals surface area contributed by atoms with E-state index in [-0.39, 0.29) is 18.7 Å². The van der Waals surface area contributed by atoms with E-state index in [4.69, 9.17) is 15.5 Å². The molecule has 1 heterocycles. The van der Waals surface area contributed by atoms with Gasteiger partial charge in [0, 0.05) is 6.42 Å². The number of nitrogens with two attached hydrogens (primary N) is 1. The van der Waals surface area contributed by atoms with Crippen molar-refractivity contribution in [2.45, 2.75) is 19.6 Å². The molecule has 0 aromatic carbocycles. The Morgan fingerprint density at radius 1 is 1.60 bits per heavy atom. The van der Waals surface area contributed by atoms with Gasteiger partial charge < -0.3 is 25.6 Å². The fraction of sp³-hybridized carbons (Fsp3) is 0.500. The third-order valence-electron chi connectivity index (χ3n) is 2.19. The van der Waals surface area contributed by atoms with Crippen molar-refractivity contribution in [3.05, 3.63) is 21.9 Å². The van der Waals surface area contributed by atoms with Crippen LogP contribution in [0.25, 0.3) is 0 Å². The quantitative estimate of drug-likeness (QED) is 0.254. The van der Waals surface area contributed by atoms with Crippen molar-refractivity contribution in [1.29, 1.82) is 0 Å². The largest absolute Gasteiger partial charge is 0.472 e. The molecule has 0 aliphatic heterocycles. The zero-order valence-electron chi connectivity index (χ0n) is 10.2. The van der Waals surface area contributed by atoms with Crippen LogP contribution in [0.5, 0.6) is 0 Å². The molecule has 0 amide bonds. The first-order chi connectivity index (χ1) is 9.24. The van der Waals surface area contributed by atoms with Crippen molar-refractivity contribution < 1.29 is 28.6 Å². The first-order valence-corrected chi connectivity index (χ1v) is 6.93. The van der Waals surface area contributed by atoms with E-state index in [1.165, 1.54) is 0 Å². The van der Waals surface area contributed by atoms with Crippen LogP contribution in [0.3, 0.4) is 0 Å². The maximum atomic E-state index is 11.6. The summed E-state index contributed by atoms with van der Waals surface area (Å²) in [6.45, 7) is -0.555. The summed E-state index contributed by atoms with van der Waals surface area (Å²) in [6.07, 6.45) is 0.475. The van der Waals surface area contributed by atoms with E-state index >= 15 is 0 Å². The summed E-state index contributed by atoms with van der Waals surface area (Å²) in [7, 11) is -4.80. The smallest absolute Gasteiger partial charge is 0.358 e. The number of hydrogen-bond acceptors (Lipinski definition) is 7. The number of Topliss-reactive ketones (excluding diaryl/α,β-unsaturated/α-hetero) is 1. The van der Waals surface area contributed by atoms with Gasteiger partial charge in [0.2, 0.25) is 6.73 Å². The van der Waals surface area contributed by atoms with Crippen molar-refractivity contribution in [3.8, 4) is 0 Å². The molecule has 0 aliphatic rings. The summed E-state index contributed by atoms with van der Waals surface area (Å²) in [5, 5.41) is 14.4. The second-order valence-electron chi connectivity index (χ2n) is 3.71. The van der Waals surface area contributed by atoms with Gasteiger partial charge in [0.15, 0.2) is 11.5 Å². The van der Waals surface area contributed by atoms with Crippen LogP contribution in [-0.2, 0) is 15.8 Å². The molecule has 4 N–H and O–H groups in total. The summed E-state index contributed by atoms with van der Waals surface area (Å²) in [4.78, 5) is 38.6. The fourth-order valence-electron chi connectivity index (χ4n) is 1.31. The number of hydrogen-bond donors (Lipinski definition) is 3. The van der Waals surface area contributed by atoms with Gasteiger partial charge in [-0.1, -0.05) is 5.10 Å². The molecule has 0 saturated heterocycles. The molecule has 0 unspecified atom stereocenters. The average molecular weight is 308 g/mol. The molecule has 0 aliphatic carbocycles. The number of nitro groups is 1. The normalized spacial score (nSPS) is 11.6. The monoisotopic (exact) mass is 308 g/mol. The van der Waals surface area contributed by atoms with Gasteiger partial charge in [-0.05, 0) is 17.9 Å². The van der Waals surface area contributed by atoms with Crippen LogP contribution < -0.4 is 5.73 Å². The van der Waals surface area contributed by atoms with Crippen LogP contribution in [0.15, 0.2) is 6.07 Å². The highest BCUT2D eigenvalue weighted by molar-refractivity contribution is 7.46. The Bertz CT molecular complexity index is 551. The Morgan fingerprint density at radius 3 is 2.75 bits per heavy atom. The van der Waals surface area contributed by atoms with Gasteiger partial charge >= 0.3 is 13.6 Å². The lowest BCUT2D eigenvalue weighted by Gasteiger charge is -2.02. The number of ketones is 1. The molecule has 112 valence electrons. The van der Waals surface area contributed by atoms with Gasteiger partial charge in [0.25, 0.3) is 0 Å². The highest BCUT2D eigenvalue weighted by atomic mass is 31.2. The molecule has 12 heteroatoms. The fourth-order valence-corrected chi connectivity index (χ4v) is 1.57. The highest BCUT2D eigenvalue weighted by Gasteiger charge is 2.25. The minimum Gasteiger partial charge on any atom is -0.358 e. The zero-order chi connectivity index (χ0) is 15.3. The molecule has 0 saturated carbocycles. The molecule has 0 fully saturated rings. The van der Waals surface area contributed by atoms with Crippen LogP contribution in [-0.4, -0.2) is 36.8 Å². The van der Waals surface area contributed by atoms with Crippen molar-refractivity contribution in [2.75, 3.05) is 6.54 Å². The Hall–Kier alpha value is -1.65. The molecule has 1 aromatic heterocycles. The van der Waals surface area contributed by atoms with E-state index in [9.17, 15) is 19.5 Å². The Labute approximate surface area is 112 Å². The van der Waals surface area contributed by atoms with E-state index in [2.05, 4.69) is 9.62 Å². The predicted octanol–water partition coefficient (Wildman–Crippen LogP) is -0.220. The number of carbonyl (C=O) groups excluding carboxylic acids is 1. The van der Waals surface area contributed by atoms with Crippen LogP contribution in [0.4, 0.5) is 5.82 Å². The Morgan fingerprint density at radius 2 is 2.25 bits per heavy atom. The predicted molar refractivity (Wildman–Crippen MR) is 64.6 cm³/mol. The SMILES string of the molecule is NCCCC(=O)c1cc([N+](=O)[O-])n(COP(=O)(O)O)n1. The first kappa shape index (κ1) is 16.4. The van der Waals surface area contributed by atoms with Crippen LogP contribution in [0.1, 0.15) is 23.3 Å². The average Bonchev–Trinajstić information content (AvgIpc) is 2.77. The topological polar surface area (TPSA) is 171 Å². The number of rotatable bonds is 8. The molecule has 0 bridgehead atoms. The van der Waals surface area contributed by atoms with Crippen LogP contribution >= 0.6 is 7.82 Å². The van der Waals surface area contributed by atoms with Gasteiger partial charge in [-0.2, -0.15) is 0 Å². The lowest BCUT2D eigenvalue weighted by molar-refractivity contribution is -0.393. The zero-order valence-corrected chi connectivity index (χ0v) is 11.1. The summed E-state index contributed by atoms with van der Waals surface area (Å²) >= 11 is 0. The lowest BCUT2D eigenvalue weighted by atomic mass is 10.2. The molecule has 11 nitrogen and oxygen atoms in total. The standard InChI is InChI=1S/C8H13N4O7P/c9-3-1-2-7(13)6-4-8(12(14)15)11(10-6)5-19-20(16,17)18/h4H,1-3,5,9H2,(H2,16,17,18). The summed E-state index contributed by atoms with van der Waals surface area (Å²) in [6, 6.07) is 0.919. The first-order valence-electron chi connectivity index (χ1n) is 5.40. The third-order valence-corrected chi connectivity index (χ3v) is 2.64. The maximum absolute atomic E-state index is 11.6. The second kappa shape index (κ2) is 6.68. The molecule has 1 aromatic rings. The van der Waals surface area contributed by atoms with E-state index in [0.29, 0.717) is 11.1 Å². The van der Waals surface area contributed by atoms with Crippen molar-refractivity contribution >= 4 is 19.4 Å². The molecule has 20 heavy (non-hydrogen) atoms. The van der Waals surface area contributed by atoms with Crippen LogP contribution in [0, 0.1) is 10.1 Å². The minimum atomic E-state index is -4.80. The molecule has 0 atom stereocenters. The highest BCUT2D eigenvalue weighted by Crippen LogP contribution is 2.36. The maximum Gasteiger partial charge on any atom is 0.472 e. The summed E-state index contributed by atoms with van der Waals surface area (Å²) in [5.41, 5.74) is 5.06. The van der Waals surface area contributed by atoms with Crippen molar-refractivity contribution in [3.63, 3.8) is 0 Å². The molecular weight excluding hydrogens is 295 g/mol. The number of carbonyl (C=O) groups is 1. The van der Waals surface area contributed by atoms with E-state index in [1.807, 2.05) is 0 Å². The number of nitrogens with zero attached hydrogens (tertiary/aromatic N) is 3. The van der Waals surface area contributed by atoms with Gasteiger partial charge in [-0.25, -0.2) is 9.09 Å². The van der Waals surface area contributed by atoms with Crippen LogP contribution in [0.2, 0.25) is 0 Å². The summed E-state index contributed by atoms with van der Waals surface area (Å²) < 4.78 is 15.3. The number of phosphoric ester groups is 1. The Kier molecular flexibility index (Phi) is 5.48. The lowest BCUT2D eigenvalue weighted by Crippen LogP contribution is -2.09. The van der Waals surface area contributed by atoms with Crippen molar-refractivity contribution in [2.24, 2.45) is 5.73 Å². The van der Waals surface area contributed by atoms with Gasteiger partial charge in [-0.3, -0.25) is 4.79 Å². The van der Waals surface area contributed by atoms with E-state index in [1.54, 1.807) is 0 Å². The third kappa shape index (κ3) is 4.79. The Balaban J connectivity index is 2.93. The van der Waals surface area contributed by atoms with Gasteiger partial charge in [0.05, 0.1) is 6.07 Å². The van der Waals surface area contributed by atoms with E-state index in [0.717, 1.165) is 6.07 Å². The molecular formula is C8H13N4O7P. The van der Waals surface area contributed by atoms with Gasteiger partial charge in [0.1, 0.15) is 0 Å². The number of aromatic nitrogens is 2.